The number of hydrogen-bond acceptors (Lipinski definition) is 4. The average molecular weight is 273 g/mol. The van der Waals surface area contributed by atoms with Gasteiger partial charge in [-0.05, 0) is 54.8 Å². The van der Waals surface area contributed by atoms with E-state index in [1.165, 1.54) is 0 Å². The number of hydrogen-bond donors (Lipinski definition) is 1. The number of imide groups is 1. The smallest absolute Gasteiger partial charge is 0.418 e. The first-order valence-electron chi connectivity index (χ1n) is 6.60. The molecule has 0 radical (unpaired) electrons. The molecule has 0 aliphatic rings. The molecule has 0 unspecified atom stereocenters. The zero-order chi connectivity index (χ0) is 15.1. The van der Waals surface area contributed by atoms with Crippen molar-refractivity contribution in [3.05, 3.63) is 0 Å². The summed E-state index contributed by atoms with van der Waals surface area (Å²) in [6, 6.07) is -0.407. The summed E-state index contributed by atoms with van der Waals surface area (Å²) in [5.41, 5.74) is -0.601. The number of carbonyl (C=O) groups excluding carboxylic acids is 2. The van der Waals surface area contributed by atoms with Gasteiger partial charge in [-0.2, -0.15) is 0 Å². The maximum Gasteiger partial charge on any atom is 0.418 e. The molecule has 0 spiro atoms. The number of carbonyl (C=O) groups is 2. The second-order valence-corrected chi connectivity index (χ2v) is 5.61. The molecule has 19 heavy (non-hydrogen) atoms. The number of rotatable bonds is 5. The van der Waals surface area contributed by atoms with Gasteiger partial charge in [0, 0.05) is 13.1 Å². The molecular formula is C13H27N3O3. The molecule has 0 aromatic heterocycles. The molecular weight excluding hydrogens is 246 g/mol. The standard InChI is InChI=1S/C13H27N3O3/c1-7-16(12(18)19-13(2,3)4)11(17)14-9-8-10-15(5)6/h7-10H2,1-6H3,(H,14,17). The zero-order valence-electron chi connectivity index (χ0n) is 12.9. The predicted octanol–water partition coefficient (Wildman–Crippen LogP) is 1.90. The Morgan fingerprint density at radius 1 is 1.21 bits per heavy atom. The fourth-order valence-corrected chi connectivity index (χ4v) is 1.36. The van der Waals surface area contributed by atoms with Gasteiger partial charge in [-0.15, -0.1) is 0 Å². The van der Waals surface area contributed by atoms with Gasteiger partial charge in [-0.1, -0.05) is 0 Å². The zero-order valence-corrected chi connectivity index (χ0v) is 12.9. The third-order valence-corrected chi connectivity index (χ3v) is 2.23. The molecule has 112 valence electrons. The summed E-state index contributed by atoms with van der Waals surface area (Å²) >= 11 is 0. The molecule has 0 aliphatic carbocycles. The van der Waals surface area contributed by atoms with Gasteiger partial charge in [0.1, 0.15) is 5.60 Å². The maximum absolute atomic E-state index is 11.8. The monoisotopic (exact) mass is 273 g/mol. The van der Waals surface area contributed by atoms with Gasteiger partial charge in [0.15, 0.2) is 0 Å². The van der Waals surface area contributed by atoms with Crippen LogP contribution >= 0.6 is 0 Å². The van der Waals surface area contributed by atoms with Crippen molar-refractivity contribution in [2.75, 3.05) is 33.7 Å². The summed E-state index contributed by atoms with van der Waals surface area (Å²) < 4.78 is 5.17. The summed E-state index contributed by atoms with van der Waals surface area (Å²) in [6.07, 6.45) is 0.227. The molecule has 6 heteroatoms. The van der Waals surface area contributed by atoms with Crippen molar-refractivity contribution in [2.24, 2.45) is 0 Å². The van der Waals surface area contributed by atoms with E-state index in [1.807, 2.05) is 19.0 Å². The summed E-state index contributed by atoms with van der Waals surface area (Å²) in [6.45, 7) is 8.77. The quantitative estimate of drug-likeness (QED) is 0.777. The number of nitrogens with one attached hydrogen (secondary N) is 1. The van der Waals surface area contributed by atoms with Crippen molar-refractivity contribution in [3.63, 3.8) is 0 Å². The van der Waals surface area contributed by atoms with Gasteiger partial charge in [0.05, 0.1) is 0 Å². The van der Waals surface area contributed by atoms with Crippen LogP contribution in [0.15, 0.2) is 0 Å². The normalized spacial score (nSPS) is 11.3. The molecule has 0 saturated carbocycles. The van der Waals surface area contributed by atoms with Gasteiger partial charge in [0.25, 0.3) is 0 Å². The van der Waals surface area contributed by atoms with Crippen molar-refractivity contribution < 1.29 is 14.3 Å². The Hall–Kier alpha value is -1.30. The molecule has 1 N–H and O–H groups in total. The fourth-order valence-electron chi connectivity index (χ4n) is 1.36. The maximum atomic E-state index is 11.8. The minimum Gasteiger partial charge on any atom is -0.443 e. The second-order valence-electron chi connectivity index (χ2n) is 5.61. The molecule has 0 saturated heterocycles. The molecule has 6 nitrogen and oxygen atoms in total. The van der Waals surface area contributed by atoms with Gasteiger partial charge in [-0.25, -0.2) is 14.5 Å². The number of nitrogens with zero attached hydrogens (tertiary/aromatic N) is 2. The van der Waals surface area contributed by atoms with Crippen LogP contribution in [0.2, 0.25) is 0 Å². The largest absolute Gasteiger partial charge is 0.443 e. The Kier molecular flexibility index (Phi) is 7.44. The Bertz CT molecular complexity index is 298. The molecule has 0 fully saturated rings. The third-order valence-electron chi connectivity index (χ3n) is 2.23. The minimum atomic E-state index is -0.611. The van der Waals surface area contributed by atoms with Gasteiger partial charge in [0.2, 0.25) is 0 Å². The molecule has 0 aliphatic heterocycles. The highest BCUT2D eigenvalue weighted by Gasteiger charge is 2.25. The summed E-state index contributed by atoms with van der Waals surface area (Å²) in [4.78, 5) is 26.8. The van der Waals surface area contributed by atoms with E-state index < -0.39 is 17.7 Å². The van der Waals surface area contributed by atoms with Crippen molar-refractivity contribution in [2.45, 2.75) is 39.7 Å². The van der Waals surface area contributed by atoms with Crippen molar-refractivity contribution in [3.8, 4) is 0 Å². The molecule has 0 heterocycles. The number of urea groups is 1. The number of ether oxygens (including phenoxy) is 1. The lowest BCUT2D eigenvalue weighted by Gasteiger charge is -2.25. The summed E-state index contributed by atoms with van der Waals surface area (Å²) in [7, 11) is 3.95. The first kappa shape index (κ1) is 17.7. The lowest BCUT2D eigenvalue weighted by molar-refractivity contribution is 0.0329. The lowest BCUT2D eigenvalue weighted by Crippen LogP contribution is -2.46. The van der Waals surface area contributed by atoms with E-state index in [9.17, 15) is 9.59 Å². The van der Waals surface area contributed by atoms with Crippen LogP contribution in [0.25, 0.3) is 0 Å². The highest BCUT2D eigenvalue weighted by Crippen LogP contribution is 2.09. The van der Waals surface area contributed by atoms with Crippen LogP contribution in [0.5, 0.6) is 0 Å². The Morgan fingerprint density at radius 2 is 1.79 bits per heavy atom. The third kappa shape index (κ3) is 8.42. The lowest BCUT2D eigenvalue weighted by atomic mass is 10.2. The molecule has 0 rings (SSSR count). The van der Waals surface area contributed by atoms with Gasteiger partial charge in [-0.3, -0.25) is 0 Å². The highest BCUT2D eigenvalue weighted by atomic mass is 16.6. The topological polar surface area (TPSA) is 61.9 Å². The average Bonchev–Trinajstić information content (AvgIpc) is 2.22. The molecule has 0 bridgehead atoms. The van der Waals surface area contributed by atoms with Gasteiger partial charge < -0.3 is 15.0 Å². The van der Waals surface area contributed by atoms with Gasteiger partial charge >= 0.3 is 12.1 Å². The van der Waals surface area contributed by atoms with Crippen LogP contribution in [-0.2, 0) is 4.74 Å². The van der Waals surface area contributed by atoms with E-state index in [1.54, 1.807) is 27.7 Å². The predicted molar refractivity (Wildman–Crippen MR) is 75.2 cm³/mol. The Labute approximate surface area is 116 Å². The van der Waals surface area contributed by atoms with E-state index in [-0.39, 0.29) is 6.54 Å². The first-order chi connectivity index (χ1) is 8.67. The summed E-state index contributed by atoms with van der Waals surface area (Å²) in [5, 5.41) is 2.72. The van der Waals surface area contributed by atoms with Crippen LogP contribution in [0.4, 0.5) is 9.59 Å². The van der Waals surface area contributed by atoms with Crippen LogP contribution < -0.4 is 5.32 Å². The number of amides is 3. The van der Waals surface area contributed by atoms with Crippen LogP contribution in [0.3, 0.4) is 0 Å². The fraction of sp³-hybridized carbons (Fsp3) is 0.846. The van der Waals surface area contributed by atoms with Crippen LogP contribution in [-0.4, -0.2) is 61.3 Å². The van der Waals surface area contributed by atoms with E-state index >= 15 is 0 Å². The van der Waals surface area contributed by atoms with Crippen LogP contribution in [0, 0.1) is 0 Å². The molecule has 0 aromatic rings. The second kappa shape index (κ2) is 7.99. The van der Waals surface area contributed by atoms with E-state index in [4.69, 9.17) is 4.74 Å². The van der Waals surface area contributed by atoms with Crippen molar-refractivity contribution in [1.29, 1.82) is 0 Å². The van der Waals surface area contributed by atoms with Crippen molar-refractivity contribution in [1.82, 2.24) is 15.1 Å². The Morgan fingerprint density at radius 3 is 2.21 bits per heavy atom. The first-order valence-corrected chi connectivity index (χ1v) is 6.60. The van der Waals surface area contributed by atoms with E-state index in [2.05, 4.69) is 5.32 Å². The molecule has 0 aromatic carbocycles. The van der Waals surface area contributed by atoms with Crippen molar-refractivity contribution >= 4 is 12.1 Å². The highest BCUT2D eigenvalue weighted by molar-refractivity contribution is 5.90. The Balaban J connectivity index is 4.21. The van der Waals surface area contributed by atoms with Crippen LogP contribution in [0.1, 0.15) is 34.1 Å². The molecule has 0 atom stereocenters. The summed E-state index contributed by atoms with van der Waals surface area (Å²) in [5.74, 6) is 0. The SMILES string of the molecule is CCN(C(=O)NCCCN(C)C)C(=O)OC(C)(C)C. The molecule has 3 amide bonds. The minimum absolute atomic E-state index is 0.286. The van der Waals surface area contributed by atoms with E-state index in [0.717, 1.165) is 17.9 Å². The van der Waals surface area contributed by atoms with E-state index in [0.29, 0.717) is 6.54 Å².